The third kappa shape index (κ3) is 2.18. The second-order valence-corrected chi connectivity index (χ2v) is 4.78. The van der Waals surface area contributed by atoms with Gasteiger partial charge in [0.2, 0.25) is 0 Å². The van der Waals surface area contributed by atoms with Gasteiger partial charge in [-0.3, -0.25) is 4.68 Å². The topological polar surface area (TPSA) is 43.8 Å². The molecule has 1 aromatic carbocycles. The molecule has 0 aliphatic carbocycles. The maximum absolute atomic E-state index is 5.78. The Morgan fingerprint density at radius 2 is 1.88 bits per heavy atom. The summed E-state index contributed by atoms with van der Waals surface area (Å²) in [6.07, 6.45) is 2.11. The lowest BCUT2D eigenvalue weighted by Gasteiger charge is -2.05. The number of anilines is 1. The van der Waals surface area contributed by atoms with Crippen molar-refractivity contribution in [2.75, 3.05) is 5.73 Å². The van der Waals surface area contributed by atoms with Crippen molar-refractivity contribution in [2.45, 2.75) is 33.7 Å². The van der Waals surface area contributed by atoms with Gasteiger partial charge in [-0.1, -0.05) is 6.07 Å². The lowest BCUT2D eigenvalue weighted by atomic mass is 10.0. The molecule has 0 spiro atoms. The van der Waals surface area contributed by atoms with Gasteiger partial charge in [0, 0.05) is 23.5 Å². The Bertz CT molecular complexity index is 538. The minimum absolute atomic E-state index is 0.386. The quantitative estimate of drug-likeness (QED) is 0.803. The molecule has 2 rings (SSSR count). The number of hydrogen-bond donors (Lipinski definition) is 1. The predicted molar refractivity (Wildman–Crippen MR) is 71.9 cm³/mol. The van der Waals surface area contributed by atoms with Crippen LogP contribution in [-0.4, -0.2) is 9.78 Å². The van der Waals surface area contributed by atoms with Crippen LogP contribution in [0.3, 0.4) is 0 Å². The molecular formula is C14H19N3. The molecule has 1 aromatic heterocycles. The monoisotopic (exact) mass is 229 g/mol. The van der Waals surface area contributed by atoms with E-state index in [1.54, 1.807) is 0 Å². The molecule has 0 aliphatic heterocycles. The van der Waals surface area contributed by atoms with Crippen molar-refractivity contribution in [3.05, 3.63) is 35.7 Å². The number of nitrogens with zero attached hydrogens (tertiary/aromatic N) is 2. The molecule has 0 atom stereocenters. The standard InChI is InChI=1S/C14H19N3/c1-9(2)17-8-14(11(4)16-17)13-6-5-12(15)7-10(13)3/h5-9H,15H2,1-4H3. The minimum Gasteiger partial charge on any atom is -0.399 e. The van der Waals surface area contributed by atoms with Crippen LogP contribution in [0.5, 0.6) is 0 Å². The van der Waals surface area contributed by atoms with Gasteiger partial charge in [-0.05, 0) is 51.0 Å². The van der Waals surface area contributed by atoms with Crippen molar-refractivity contribution >= 4 is 5.69 Å². The summed E-state index contributed by atoms with van der Waals surface area (Å²) in [5, 5.41) is 4.54. The van der Waals surface area contributed by atoms with Crippen molar-refractivity contribution in [3.8, 4) is 11.1 Å². The van der Waals surface area contributed by atoms with Crippen LogP contribution in [0.25, 0.3) is 11.1 Å². The average Bonchev–Trinajstić information content (AvgIpc) is 2.61. The van der Waals surface area contributed by atoms with Gasteiger partial charge in [-0.25, -0.2) is 0 Å². The molecule has 3 heteroatoms. The fourth-order valence-corrected chi connectivity index (χ4v) is 2.00. The highest BCUT2D eigenvalue weighted by atomic mass is 15.3. The van der Waals surface area contributed by atoms with Crippen molar-refractivity contribution in [1.29, 1.82) is 0 Å². The largest absolute Gasteiger partial charge is 0.399 e. The predicted octanol–water partition coefficient (Wildman–Crippen LogP) is 3.33. The van der Waals surface area contributed by atoms with Crippen LogP contribution in [0.2, 0.25) is 0 Å². The van der Waals surface area contributed by atoms with Gasteiger partial charge in [0.25, 0.3) is 0 Å². The van der Waals surface area contributed by atoms with E-state index in [1.165, 1.54) is 16.7 Å². The van der Waals surface area contributed by atoms with Gasteiger partial charge < -0.3 is 5.73 Å². The van der Waals surface area contributed by atoms with Gasteiger partial charge >= 0.3 is 0 Å². The van der Waals surface area contributed by atoms with Crippen LogP contribution in [0, 0.1) is 13.8 Å². The zero-order valence-electron chi connectivity index (χ0n) is 10.9. The molecule has 0 fully saturated rings. The minimum atomic E-state index is 0.386. The lowest BCUT2D eigenvalue weighted by Crippen LogP contribution is -2.00. The molecular weight excluding hydrogens is 210 g/mol. The fraction of sp³-hybridized carbons (Fsp3) is 0.357. The normalized spacial score (nSPS) is 11.1. The lowest BCUT2D eigenvalue weighted by molar-refractivity contribution is 0.529. The van der Waals surface area contributed by atoms with Crippen LogP contribution < -0.4 is 5.73 Å². The van der Waals surface area contributed by atoms with Gasteiger partial charge in [0.1, 0.15) is 0 Å². The maximum Gasteiger partial charge on any atom is 0.0672 e. The summed E-state index contributed by atoms with van der Waals surface area (Å²) in [6, 6.07) is 6.39. The van der Waals surface area contributed by atoms with E-state index in [4.69, 9.17) is 5.73 Å². The van der Waals surface area contributed by atoms with Crippen molar-refractivity contribution in [3.63, 3.8) is 0 Å². The molecule has 17 heavy (non-hydrogen) atoms. The summed E-state index contributed by atoms with van der Waals surface area (Å²) in [6.45, 7) is 8.39. The van der Waals surface area contributed by atoms with E-state index >= 15 is 0 Å². The number of nitrogens with two attached hydrogens (primary N) is 1. The van der Waals surface area contributed by atoms with E-state index in [-0.39, 0.29) is 0 Å². The summed E-state index contributed by atoms with van der Waals surface area (Å²) in [5.41, 5.74) is 11.2. The average molecular weight is 229 g/mol. The Hall–Kier alpha value is -1.77. The van der Waals surface area contributed by atoms with Crippen LogP contribution >= 0.6 is 0 Å². The van der Waals surface area contributed by atoms with E-state index in [0.717, 1.165) is 11.4 Å². The van der Waals surface area contributed by atoms with E-state index in [1.807, 2.05) is 23.7 Å². The number of aromatic nitrogens is 2. The number of hydrogen-bond acceptors (Lipinski definition) is 2. The molecule has 1 heterocycles. The molecule has 0 radical (unpaired) electrons. The van der Waals surface area contributed by atoms with Crippen molar-refractivity contribution in [2.24, 2.45) is 0 Å². The van der Waals surface area contributed by atoms with Crippen LogP contribution in [0.4, 0.5) is 5.69 Å². The second-order valence-electron chi connectivity index (χ2n) is 4.78. The van der Waals surface area contributed by atoms with Gasteiger partial charge in [0.05, 0.1) is 5.69 Å². The first-order chi connectivity index (χ1) is 7.99. The Balaban J connectivity index is 2.52. The first kappa shape index (κ1) is 11.7. The molecule has 0 unspecified atom stereocenters. The number of nitrogen functional groups attached to an aromatic ring is 1. The summed E-state index contributed by atoms with van der Waals surface area (Å²) < 4.78 is 2.00. The second kappa shape index (κ2) is 4.24. The van der Waals surface area contributed by atoms with Crippen LogP contribution in [0.1, 0.15) is 31.1 Å². The molecule has 0 bridgehead atoms. The molecule has 90 valence electrons. The van der Waals surface area contributed by atoms with E-state index in [9.17, 15) is 0 Å². The molecule has 0 saturated heterocycles. The fourth-order valence-electron chi connectivity index (χ4n) is 2.00. The third-order valence-corrected chi connectivity index (χ3v) is 2.99. The SMILES string of the molecule is Cc1cc(N)ccc1-c1cn(C(C)C)nc1C. The number of rotatable bonds is 2. The van der Waals surface area contributed by atoms with E-state index in [0.29, 0.717) is 6.04 Å². The van der Waals surface area contributed by atoms with Gasteiger partial charge in [-0.15, -0.1) is 0 Å². The molecule has 0 aliphatic rings. The molecule has 2 aromatic rings. The Kier molecular flexibility index (Phi) is 2.92. The molecule has 3 nitrogen and oxygen atoms in total. The van der Waals surface area contributed by atoms with E-state index < -0.39 is 0 Å². The molecule has 0 saturated carbocycles. The van der Waals surface area contributed by atoms with E-state index in [2.05, 4.69) is 38.1 Å². The summed E-state index contributed by atoms with van der Waals surface area (Å²) in [4.78, 5) is 0. The zero-order valence-corrected chi connectivity index (χ0v) is 10.9. The first-order valence-corrected chi connectivity index (χ1v) is 5.91. The first-order valence-electron chi connectivity index (χ1n) is 5.91. The Morgan fingerprint density at radius 3 is 2.41 bits per heavy atom. The smallest absolute Gasteiger partial charge is 0.0672 e. The summed E-state index contributed by atoms with van der Waals surface area (Å²) in [5.74, 6) is 0. The van der Waals surface area contributed by atoms with Crippen molar-refractivity contribution < 1.29 is 0 Å². The van der Waals surface area contributed by atoms with Gasteiger partial charge in [-0.2, -0.15) is 5.10 Å². The summed E-state index contributed by atoms with van der Waals surface area (Å²) >= 11 is 0. The Morgan fingerprint density at radius 1 is 1.18 bits per heavy atom. The third-order valence-electron chi connectivity index (χ3n) is 2.99. The Labute approximate surface area is 102 Å². The van der Waals surface area contributed by atoms with Crippen molar-refractivity contribution in [1.82, 2.24) is 9.78 Å². The molecule has 2 N–H and O–H groups in total. The van der Waals surface area contributed by atoms with Gasteiger partial charge in [0.15, 0.2) is 0 Å². The number of aryl methyl sites for hydroxylation is 2. The summed E-state index contributed by atoms with van der Waals surface area (Å²) in [7, 11) is 0. The highest BCUT2D eigenvalue weighted by Crippen LogP contribution is 2.28. The number of benzene rings is 1. The maximum atomic E-state index is 5.78. The highest BCUT2D eigenvalue weighted by Gasteiger charge is 2.11. The van der Waals surface area contributed by atoms with Crippen LogP contribution in [0.15, 0.2) is 24.4 Å². The van der Waals surface area contributed by atoms with Crippen LogP contribution in [-0.2, 0) is 0 Å². The zero-order chi connectivity index (χ0) is 12.6. The highest BCUT2D eigenvalue weighted by molar-refractivity contribution is 5.70. The molecule has 0 amide bonds.